The number of aromatic nitrogens is 1. The largest absolute Gasteiger partial charge is 0.337 e. The number of carbonyl (C=O) groups is 1. The van der Waals surface area contributed by atoms with Gasteiger partial charge >= 0.3 is 16.1 Å². The molecule has 1 aliphatic rings. The molecule has 0 saturated carbocycles. The molecule has 3 heterocycles. The number of pyridine rings is 1. The van der Waals surface area contributed by atoms with Gasteiger partial charge in [0, 0.05) is 46.5 Å². The lowest BCUT2D eigenvalue weighted by Crippen LogP contribution is -2.37. The van der Waals surface area contributed by atoms with Crippen molar-refractivity contribution in [1.82, 2.24) is 15.2 Å². The maximum Gasteiger partial charge on any atom is 0.319 e. The van der Waals surface area contributed by atoms with Crippen LogP contribution in [0.1, 0.15) is 17.7 Å². The molecular weight excluding hydrogens is 546 g/mol. The number of para-hydroxylation sites is 1. The first-order valence-electron chi connectivity index (χ1n) is 12.1. The summed E-state index contributed by atoms with van der Waals surface area (Å²) in [6, 6.07) is 14.9. The predicted molar refractivity (Wildman–Crippen MR) is 154 cm³/mol. The monoisotopic (exact) mass is 575 g/mol. The number of hydrogen-bond acceptors (Lipinski definition) is 7. The SMILES string of the molecule is Cc1c(S(=O)(=O)O)sc2ccc(Cl)cc12.Cc1cc(NC(=O)NCCN2CCC(N)C2)c2ccccc2n1. The maximum absolute atomic E-state index is 12.1. The van der Waals surface area contributed by atoms with Crippen LogP contribution in [-0.4, -0.2) is 61.1 Å². The van der Waals surface area contributed by atoms with Gasteiger partial charge in [0.2, 0.25) is 0 Å². The number of aryl methyl sites for hydroxylation is 2. The zero-order valence-electron chi connectivity index (χ0n) is 21.1. The van der Waals surface area contributed by atoms with Gasteiger partial charge in [0.05, 0.1) is 11.2 Å². The minimum absolute atomic E-state index is 0.0141. The first kappa shape index (κ1) is 28.2. The van der Waals surface area contributed by atoms with Crippen LogP contribution < -0.4 is 16.4 Å². The van der Waals surface area contributed by atoms with Gasteiger partial charge < -0.3 is 16.4 Å². The maximum atomic E-state index is 12.1. The molecule has 0 radical (unpaired) electrons. The van der Waals surface area contributed by atoms with Crippen LogP contribution in [0.3, 0.4) is 0 Å². The number of hydrogen-bond donors (Lipinski definition) is 4. The van der Waals surface area contributed by atoms with Crippen molar-refractivity contribution >= 4 is 65.8 Å². The predicted octanol–water partition coefficient (Wildman–Crippen LogP) is 4.81. The van der Waals surface area contributed by atoms with E-state index < -0.39 is 10.1 Å². The van der Waals surface area contributed by atoms with E-state index in [1.54, 1.807) is 25.1 Å². The number of thiophene rings is 1. The molecule has 2 aromatic carbocycles. The van der Waals surface area contributed by atoms with Crippen molar-refractivity contribution < 1.29 is 17.8 Å². The summed E-state index contributed by atoms with van der Waals surface area (Å²) in [5.74, 6) is 0. The van der Waals surface area contributed by atoms with Crippen LogP contribution in [0.15, 0.2) is 52.7 Å². The average Bonchev–Trinajstić information content (AvgIpc) is 3.42. The first-order valence-corrected chi connectivity index (χ1v) is 14.7. The molecule has 5 N–H and O–H groups in total. The molecule has 1 aliphatic heterocycles. The quantitative estimate of drug-likeness (QED) is 0.251. The van der Waals surface area contributed by atoms with Crippen LogP contribution in [0.25, 0.3) is 21.0 Å². The Balaban J connectivity index is 0.000000194. The molecule has 1 saturated heterocycles. The van der Waals surface area contributed by atoms with Crippen molar-refractivity contribution in [2.45, 2.75) is 30.5 Å². The van der Waals surface area contributed by atoms with Crippen molar-refractivity contribution in [1.29, 1.82) is 0 Å². The van der Waals surface area contributed by atoms with Crippen LogP contribution in [0.4, 0.5) is 10.5 Å². The van der Waals surface area contributed by atoms with Crippen LogP contribution >= 0.6 is 22.9 Å². The number of carbonyl (C=O) groups excluding carboxylic acids is 1. The summed E-state index contributed by atoms with van der Waals surface area (Å²) in [6.45, 7) is 6.94. The summed E-state index contributed by atoms with van der Waals surface area (Å²) in [6.07, 6.45) is 1.04. The summed E-state index contributed by atoms with van der Waals surface area (Å²) in [5.41, 5.74) is 8.97. The lowest BCUT2D eigenvalue weighted by Gasteiger charge is -2.16. The molecule has 5 rings (SSSR count). The van der Waals surface area contributed by atoms with Crippen molar-refractivity contribution in [3.63, 3.8) is 0 Å². The molecule has 1 atom stereocenters. The molecule has 1 fully saturated rings. The lowest BCUT2D eigenvalue weighted by atomic mass is 10.1. The Morgan fingerprint density at radius 3 is 2.68 bits per heavy atom. The summed E-state index contributed by atoms with van der Waals surface area (Å²) in [7, 11) is -4.13. The number of rotatable bonds is 5. The highest BCUT2D eigenvalue weighted by atomic mass is 35.5. The third-order valence-corrected chi connectivity index (χ3v) is 9.16. The van der Waals surface area contributed by atoms with Gasteiger partial charge in [0.1, 0.15) is 0 Å². The fraction of sp³-hybridized carbons (Fsp3) is 0.308. The number of likely N-dealkylation sites (tertiary alicyclic amines) is 1. The second-order valence-electron chi connectivity index (χ2n) is 9.19. The van der Waals surface area contributed by atoms with Crippen molar-refractivity contribution in [3.05, 3.63) is 64.8 Å². The topological polar surface area (TPSA) is 138 Å². The van der Waals surface area contributed by atoms with E-state index in [-0.39, 0.29) is 16.3 Å². The Kier molecular flexibility index (Phi) is 8.86. The minimum atomic E-state index is -4.13. The normalized spacial score (nSPS) is 15.9. The van der Waals surface area contributed by atoms with Crippen LogP contribution in [0, 0.1) is 13.8 Å². The second-order valence-corrected chi connectivity index (χ2v) is 12.3. The summed E-state index contributed by atoms with van der Waals surface area (Å²) in [5, 5.41) is 8.08. The van der Waals surface area contributed by atoms with Crippen LogP contribution in [0.2, 0.25) is 5.02 Å². The Bertz CT molecular complexity index is 1570. The number of nitrogens with two attached hydrogens (primary N) is 1. The smallest absolute Gasteiger partial charge is 0.319 e. The van der Waals surface area contributed by atoms with Gasteiger partial charge in [0.15, 0.2) is 4.21 Å². The van der Waals surface area contributed by atoms with E-state index in [0.29, 0.717) is 17.1 Å². The van der Waals surface area contributed by atoms with E-state index in [9.17, 15) is 13.2 Å². The molecular formula is C26H30ClN5O4S2. The Morgan fingerprint density at radius 1 is 1.21 bits per heavy atom. The Labute approximate surface area is 230 Å². The zero-order chi connectivity index (χ0) is 27.4. The van der Waals surface area contributed by atoms with E-state index in [2.05, 4.69) is 20.5 Å². The highest BCUT2D eigenvalue weighted by molar-refractivity contribution is 7.88. The number of amides is 2. The number of anilines is 1. The number of benzene rings is 2. The fourth-order valence-corrected chi connectivity index (χ4v) is 6.67. The third-order valence-electron chi connectivity index (χ3n) is 6.20. The molecule has 202 valence electrons. The lowest BCUT2D eigenvalue weighted by molar-refractivity contribution is 0.249. The van der Waals surface area contributed by atoms with Crippen LogP contribution in [0.5, 0.6) is 0 Å². The summed E-state index contributed by atoms with van der Waals surface area (Å²) >= 11 is 6.85. The molecule has 1 unspecified atom stereocenters. The standard InChI is InChI=1S/C17H23N5O.C9H7ClO3S2/c1-12-10-16(14-4-2-3-5-15(14)20-12)21-17(23)19-7-9-22-8-6-13(18)11-22;1-5-7-4-6(10)2-3-8(7)14-9(5)15(11,12)13/h2-5,10,13H,6-9,11,18H2,1H3,(H2,19,20,21,23);2-4H,1H3,(H,11,12,13). The fourth-order valence-electron chi connectivity index (χ4n) is 4.39. The number of fused-ring (bicyclic) bond motifs is 2. The number of halogens is 1. The summed E-state index contributed by atoms with van der Waals surface area (Å²) in [4.78, 5) is 18.9. The van der Waals surface area contributed by atoms with Crippen LogP contribution in [-0.2, 0) is 10.1 Å². The Morgan fingerprint density at radius 2 is 1.97 bits per heavy atom. The van der Waals surface area contributed by atoms with Gasteiger partial charge in [-0.2, -0.15) is 8.42 Å². The molecule has 0 bridgehead atoms. The van der Waals surface area contributed by atoms with E-state index in [4.69, 9.17) is 21.9 Å². The number of nitrogens with one attached hydrogen (secondary N) is 2. The molecule has 0 spiro atoms. The number of urea groups is 1. The van der Waals surface area contributed by atoms with Gasteiger partial charge in [0.25, 0.3) is 0 Å². The van der Waals surface area contributed by atoms with Gasteiger partial charge in [-0.25, -0.2) is 4.79 Å². The third kappa shape index (κ3) is 6.99. The van der Waals surface area contributed by atoms with Gasteiger partial charge in [-0.15, -0.1) is 11.3 Å². The molecule has 2 amide bonds. The zero-order valence-corrected chi connectivity index (χ0v) is 23.5. The van der Waals surface area contributed by atoms with E-state index in [1.165, 1.54) is 0 Å². The summed E-state index contributed by atoms with van der Waals surface area (Å²) < 4.78 is 31.9. The second kappa shape index (κ2) is 11.9. The molecule has 9 nitrogen and oxygen atoms in total. The van der Waals surface area contributed by atoms with E-state index in [1.807, 2.05) is 37.3 Å². The molecule has 0 aliphatic carbocycles. The highest BCUT2D eigenvalue weighted by Crippen LogP contribution is 2.35. The van der Waals surface area contributed by atoms with Gasteiger partial charge in [-0.3, -0.25) is 14.4 Å². The molecule has 12 heteroatoms. The highest BCUT2D eigenvalue weighted by Gasteiger charge is 2.19. The van der Waals surface area contributed by atoms with Gasteiger partial charge in [-0.1, -0.05) is 29.8 Å². The number of nitrogens with zero attached hydrogens (tertiary/aromatic N) is 2. The van der Waals surface area contributed by atoms with E-state index >= 15 is 0 Å². The molecule has 4 aromatic rings. The van der Waals surface area contributed by atoms with Crippen molar-refractivity contribution in [3.8, 4) is 0 Å². The molecule has 2 aromatic heterocycles. The van der Waals surface area contributed by atoms with E-state index in [0.717, 1.165) is 69.8 Å². The Hall–Kier alpha value is -2.80. The van der Waals surface area contributed by atoms with Crippen molar-refractivity contribution in [2.24, 2.45) is 5.73 Å². The van der Waals surface area contributed by atoms with Gasteiger partial charge in [-0.05, 0) is 68.1 Å². The minimum Gasteiger partial charge on any atom is -0.337 e. The average molecular weight is 576 g/mol. The first-order chi connectivity index (χ1) is 18.0. The molecule has 38 heavy (non-hydrogen) atoms. The van der Waals surface area contributed by atoms with Crippen molar-refractivity contribution in [2.75, 3.05) is 31.5 Å².